The SMILES string of the molecule is C=CCC1=Cc2cc(CC=C)sc2C1. The molecule has 0 saturated heterocycles. The van der Waals surface area contributed by atoms with Crippen molar-refractivity contribution in [3.8, 4) is 0 Å². The molecule has 1 heterocycles. The Balaban J connectivity index is 2.18. The van der Waals surface area contributed by atoms with Crippen molar-refractivity contribution in [2.45, 2.75) is 19.3 Å². The van der Waals surface area contributed by atoms with Crippen LogP contribution in [0.5, 0.6) is 0 Å². The predicted molar refractivity (Wildman–Crippen MR) is 64.7 cm³/mol. The second-order valence-electron chi connectivity index (χ2n) is 3.56. The summed E-state index contributed by atoms with van der Waals surface area (Å²) in [7, 11) is 0. The fourth-order valence-electron chi connectivity index (χ4n) is 1.80. The molecule has 1 aliphatic rings. The molecule has 72 valence electrons. The monoisotopic (exact) mass is 202 g/mol. The summed E-state index contributed by atoms with van der Waals surface area (Å²) in [6.07, 6.45) is 9.41. The van der Waals surface area contributed by atoms with E-state index in [0.717, 1.165) is 19.3 Å². The van der Waals surface area contributed by atoms with Crippen LogP contribution < -0.4 is 0 Å². The second-order valence-corrected chi connectivity index (χ2v) is 4.78. The molecular weight excluding hydrogens is 188 g/mol. The largest absolute Gasteiger partial charge is 0.144 e. The zero-order valence-electron chi connectivity index (χ0n) is 8.25. The predicted octanol–water partition coefficient (Wildman–Crippen LogP) is 3.99. The number of thiophene rings is 1. The Morgan fingerprint density at radius 2 is 2.07 bits per heavy atom. The third-order valence-electron chi connectivity index (χ3n) is 2.39. The maximum absolute atomic E-state index is 3.77. The van der Waals surface area contributed by atoms with Crippen molar-refractivity contribution in [1.29, 1.82) is 0 Å². The summed E-state index contributed by atoms with van der Waals surface area (Å²) >= 11 is 1.92. The molecular formula is C13H14S. The van der Waals surface area contributed by atoms with Gasteiger partial charge in [0, 0.05) is 16.2 Å². The molecule has 0 fully saturated rings. The Morgan fingerprint density at radius 3 is 2.71 bits per heavy atom. The molecule has 0 aliphatic heterocycles. The van der Waals surface area contributed by atoms with Crippen LogP contribution in [0.15, 0.2) is 36.9 Å². The Morgan fingerprint density at radius 1 is 1.29 bits per heavy atom. The highest BCUT2D eigenvalue weighted by atomic mass is 32.1. The van der Waals surface area contributed by atoms with Gasteiger partial charge in [-0.25, -0.2) is 0 Å². The maximum Gasteiger partial charge on any atom is 0.0161 e. The first-order valence-corrected chi connectivity index (χ1v) is 5.68. The quantitative estimate of drug-likeness (QED) is 0.648. The van der Waals surface area contributed by atoms with E-state index in [-0.39, 0.29) is 0 Å². The molecule has 0 amide bonds. The van der Waals surface area contributed by atoms with Crippen LogP contribution in [-0.4, -0.2) is 0 Å². The van der Waals surface area contributed by atoms with Crippen molar-refractivity contribution in [3.63, 3.8) is 0 Å². The minimum atomic E-state index is 1.00. The average molecular weight is 202 g/mol. The third-order valence-corrected chi connectivity index (χ3v) is 3.57. The molecule has 0 unspecified atom stereocenters. The smallest absolute Gasteiger partial charge is 0.0161 e. The summed E-state index contributed by atoms with van der Waals surface area (Å²) in [6, 6.07) is 2.29. The van der Waals surface area contributed by atoms with Gasteiger partial charge in [-0.3, -0.25) is 0 Å². The fraction of sp³-hybridized carbons (Fsp3) is 0.231. The molecule has 0 radical (unpaired) electrons. The lowest BCUT2D eigenvalue weighted by Crippen LogP contribution is -1.79. The Labute approximate surface area is 89.3 Å². The molecule has 14 heavy (non-hydrogen) atoms. The van der Waals surface area contributed by atoms with E-state index in [4.69, 9.17) is 0 Å². The van der Waals surface area contributed by atoms with Crippen LogP contribution in [0.4, 0.5) is 0 Å². The van der Waals surface area contributed by atoms with Crippen LogP contribution in [0, 0.1) is 0 Å². The van der Waals surface area contributed by atoms with Crippen molar-refractivity contribution in [2.75, 3.05) is 0 Å². The highest BCUT2D eigenvalue weighted by molar-refractivity contribution is 7.12. The first kappa shape index (κ1) is 9.47. The second kappa shape index (κ2) is 3.97. The summed E-state index contributed by atoms with van der Waals surface area (Å²) in [6.45, 7) is 7.53. The molecule has 0 N–H and O–H groups in total. The van der Waals surface area contributed by atoms with Crippen molar-refractivity contribution in [2.24, 2.45) is 0 Å². The lowest BCUT2D eigenvalue weighted by Gasteiger charge is -1.94. The van der Waals surface area contributed by atoms with Crippen LogP contribution >= 0.6 is 11.3 Å². The van der Waals surface area contributed by atoms with Crippen molar-refractivity contribution >= 4 is 17.4 Å². The minimum Gasteiger partial charge on any atom is -0.144 e. The van der Waals surface area contributed by atoms with E-state index in [2.05, 4.69) is 25.3 Å². The van der Waals surface area contributed by atoms with Gasteiger partial charge in [0.15, 0.2) is 0 Å². The van der Waals surface area contributed by atoms with Crippen molar-refractivity contribution in [1.82, 2.24) is 0 Å². The van der Waals surface area contributed by atoms with Crippen LogP contribution in [0.2, 0.25) is 0 Å². The molecule has 0 bridgehead atoms. The van der Waals surface area contributed by atoms with E-state index in [0.29, 0.717) is 0 Å². The van der Waals surface area contributed by atoms with Crippen LogP contribution in [0.3, 0.4) is 0 Å². The summed E-state index contributed by atoms with van der Waals surface area (Å²) in [5, 5.41) is 0. The molecule has 1 aliphatic carbocycles. The molecule has 1 aromatic heterocycles. The first-order chi connectivity index (χ1) is 6.83. The van der Waals surface area contributed by atoms with Gasteiger partial charge in [-0.05, 0) is 24.5 Å². The summed E-state index contributed by atoms with van der Waals surface area (Å²) in [5.41, 5.74) is 2.91. The van der Waals surface area contributed by atoms with Crippen LogP contribution in [0.25, 0.3) is 6.08 Å². The first-order valence-electron chi connectivity index (χ1n) is 4.86. The molecule has 0 spiro atoms. The number of hydrogen-bond donors (Lipinski definition) is 0. The zero-order valence-corrected chi connectivity index (χ0v) is 9.07. The fourth-order valence-corrected chi connectivity index (χ4v) is 2.99. The highest BCUT2D eigenvalue weighted by Crippen LogP contribution is 2.34. The maximum atomic E-state index is 3.77. The molecule has 1 heteroatoms. The van der Waals surface area contributed by atoms with Crippen LogP contribution in [-0.2, 0) is 12.8 Å². The number of rotatable bonds is 4. The van der Waals surface area contributed by atoms with E-state index < -0.39 is 0 Å². The van der Waals surface area contributed by atoms with Gasteiger partial charge in [-0.1, -0.05) is 23.8 Å². The number of allylic oxidation sites excluding steroid dienone is 3. The van der Waals surface area contributed by atoms with Gasteiger partial charge in [0.2, 0.25) is 0 Å². The van der Waals surface area contributed by atoms with Gasteiger partial charge < -0.3 is 0 Å². The molecule has 0 atom stereocenters. The summed E-state index contributed by atoms with van der Waals surface area (Å²) < 4.78 is 0. The van der Waals surface area contributed by atoms with Gasteiger partial charge in [0.25, 0.3) is 0 Å². The van der Waals surface area contributed by atoms with Crippen molar-refractivity contribution < 1.29 is 0 Å². The Kier molecular flexibility index (Phi) is 2.69. The molecule has 1 aromatic rings. The van der Waals surface area contributed by atoms with E-state index in [1.807, 2.05) is 23.5 Å². The molecule has 0 saturated carbocycles. The normalized spacial score (nSPS) is 13.6. The van der Waals surface area contributed by atoms with Gasteiger partial charge in [-0.15, -0.1) is 24.5 Å². The Bertz CT molecular complexity index is 393. The minimum absolute atomic E-state index is 1.00. The third kappa shape index (κ3) is 1.73. The van der Waals surface area contributed by atoms with E-state index in [1.54, 1.807) is 0 Å². The topological polar surface area (TPSA) is 0 Å². The average Bonchev–Trinajstić information content (AvgIpc) is 2.62. The lowest BCUT2D eigenvalue weighted by atomic mass is 10.2. The Hall–Kier alpha value is -1.08. The molecule has 0 aromatic carbocycles. The van der Waals surface area contributed by atoms with Gasteiger partial charge in [0.05, 0.1) is 0 Å². The highest BCUT2D eigenvalue weighted by Gasteiger charge is 2.14. The van der Waals surface area contributed by atoms with Crippen molar-refractivity contribution in [3.05, 3.63) is 52.3 Å². The summed E-state index contributed by atoms with van der Waals surface area (Å²) in [4.78, 5) is 2.94. The molecule has 0 nitrogen and oxygen atoms in total. The van der Waals surface area contributed by atoms with E-state index in [1.165, 1.54) is 20.9 Å². The number of hydrogen-bond acceptors (Lipinski definition) is 1. The zero-order chi connectivity index (χ0) is 9.97. The van der Waals surface area contributed by atoms with E-state index >= 15 is 0 Å². The summed E-state index contributed by atoms with van der Waals surface area (Å²) in [5.74, 6) is 0. The lowest BCUT2D eigenvalue weighted by molar-refractivity contribution is 1.13. The molecule has 2 rings (SSSR count). The van der Waals surface area contributed by atoms with Gasteiger partial charge in [0.1, 0.15) is 0 Å². The number of fused-ring (bicyclic) bond motifs is 1. The van der Waals surface area contributed by atoms with Gasteiger partial charge in [-0.2, -0.15) is 0 Å². The van der Waals surface area contributed by atoms with E-state index in [9.17, 15) is 0 Å². The van der Waals surface area contributed by atoms with Gasteiger partial charge >= 0.3 is 0 Å². The standard InChI is InChI=1S/C13H14S/c1-3-5-10-7-11-9-12(6-4-2)14-13(11)8-10/h3-4,7,9H,1-2,5-6,8H2. The van der Waals surface area contributed by atoms with Crippen LogP contribution in [0.1, 0.15) is 21.7 Å².